The molecule has 0 N–H and O–H groups in total. The highest BCUT2D eigenvalue weighted by molar-refractivity contribution is 5.77. The van der Waals surface area contributed by atoms with E-state index in [4.69, 9.17) is 0 Å². The second kappa shape index (κ2) is 4.79. The summed E-state index contributed by atoms with van der Waals surface area (Å²) < 4.78 is 1.79. The van der Waals surface area contributed by atoms with Crippen LogP contribution < -0.4 is 0 Å². The van der Waals surface area contributed by atoms with Crippen molar-refractivity contribution in [2.45, 2.75) is 0 Å². The van der Waals surface area contributed by atoms with Crippen LogP contribution >= 0.6 is 0 Å². The number of hydrogen-bond donors (Lipinski definition) is 0. The first-order chi connectivity index (χ1) is 10.4. The third kappa shape index (κ3) is 2.04. The van der Waals surface area contributed by atoms with Crippen LogP contribution in [0.3, 0.4) is 0 Å². The molecule has 0 radical (unpaired) electrons. The summed E-state index contributed by atoms with van der Waals surface area (Å²) in [6.45, 7) is 0. The Balaban J connectivity index is 1.85. The van der Waals surface area contributed by atoms with E-state index in [1.807, 2.05) is 49.1 Å². The zero-order chi connectivity index (χ0) is 14.1. The Bertz CT molecular complexity index is 884. The molecular formula is C16H11N5. The van der Waals surface area contributed by atoms with Crippen LogP contribution in [0.15, 0.2) is 67.6 Å². The van der Waals surface area contributed by atoms with Crippen molar-refractivity contribution in [3.63, 3.8) is 0 Å². The number of pyridine rings is 2. The molecule has 0 bridgehead atoms. The summed E-state index contributed by atoms with van der Waals surface area (Å²) >= 11 is 0. The fraction of sp³-hybridized carbons (Fsp3) is 0. The van der Waals surface area contributed by atoms with E-state index >= 15 is 0 Å². The van der Waals surface area contributed by atoms with Crippen LogP contribution in [0, 0.1) is 0 Å². The third-order valence-corrected chi connectivity index (χ3v) is 3.34. The van der Waals surface area contributed by atoms with Gasteiger partial charge in [-0.25, -0.2) is 9.50 Å². The zero-order valence-corrected chi connectivity index (χ0v) is 11.1. The number of nitrogens with zero attached hydrogens (tertiary/aromatic N) is 5. The molecular weight excluding hydrogens is 262 g/mol. The van der Waals surface area contributed by atoms with Gasteiger partial charge in [-0.15, -0.1) is 0 Å². The highest BCUT2D eigenvalue weighted by Crippen LogP contribution is 2.24. The molecule has 0 atom stereocenters. The third-order valence-electron chi connectivity index (χ3n) is 3.34. The van der Waals surface area contributed by atoms with Gasteiger partial charge in [-0.05, 0) is 23.8 Å². The minimum atomic E-state index is 0.820. The normalized spacial score (nSPS) is 10.9. The van der Waals surface area contributed by atoms with Gasteiger partial charge in [-0.2, -0.15) is 5.10 Å². The smallest absolute Gasteiger partial charge is 0.162 e. The average molecular weight is 273 g/mol. The molecule has 0 saturated heterocycles. The van der Waals surface area contributed by atoms with Crippen molar-refractivity contribution < 1.29 is 0 Å². The molecule has 0 aromatic carbocycles. The Hall–Kier alpha value is -3.08. The lowest BCUT2D eigenvalue weighted by atomic mass is 10.1. The molecule has 5 heteroatoms. The van der Waals surface area contributed by atoms with Gasteiger partial charge in [0.05, 0.1) is 6.20 Å². The van der Waals surface area contributed by atoms with Gasteiger partial charge in [0, 0.05) is 53.9 Å². The van der Waals surface area contributed by atoms with Crippen molar-refractivity contribution in [2.24, 2.45) is 0 Å². The van der Waals surface area contributed by atoms with Crippen LogP contribution in [0.25, 0.3) is 27.9 Å². The molecule has 4 heterocycles. The maximum Gasteiger partial charge on any atom is 0.162 e. The quantitative estimate of drug-likeness (QED) is 0.563. The van der Waals surface area contributed by atoms with Gasteiger partial charge in [0.2, 0.25) is 0 Å². The van der Waals surface area contributed by atoms with E-state index in [0.717, 1.165) is 27.9 Å². The van der Waals surface area contributed by atoms with E-state index in [2.05, 4.69) is 20.1 Å². The predicted molar refractivity (Wildman–Crippen MR) is 79.4 cm³/mol. The lowest BCUT2D eigenvalue weighted by Gasteiger charge is -2.02. The molecule has 4 aromatic rings. The molecule has 0 aliphatic carbocycles. The first-order valence-corrected chi connectivity index (χ1v) is 6.56. The van der Waals surface area contributed by atoms with Gasteiger partial charge in [-0.1, -0.05) is 6.07 Å². The maximum absolute atomic E-state index is 4.55. The van der Waals surface area contributed by atoms with Crippen LogP contribution in [-0.2, 0) is 0 Å². The van der Waals surface area contributed by atoms with Crippen molar-refractivity contribution in [3.8, 4) is 22.3 Å². The Kier molecular flexibility index (Phi) is 2.67. The van der Waals surface area contributed by atoms with Crippen molar-refractivity contribution in [1.29, 1.82) is 0 Å². The van der Waals surface area contributed by atoms with E-state index in [9.17, 15) is 0 Å². The topological polar surface area (TPSA) is 56.0 Å². The summed E-state index contributed by atoms with van der Waals surface area (Å²) in [5, 5.41) is 4.39. The van der Waals surface area contributed by atoms with E-state index in [0.29, 0.717) is 0 Å². The average Bonchev–Trinajstić information content (AvgIpc) is 2.99. The van der Waals surface area contributed by atoms with Crippen LogP contribution in [0.5, 0.6) is 0 Å². The van der Waals surface area contributed by atoms with Gasteiger partial charge in [0.25, 0.3) is 0 Å². The number of rotatable bonds is 2. The molecule has 4 aromatic heterocycles. The van der Waals surface area contributed by atoms with Crippen molar-refractivity contribution >= 4 is 5.65 Å². The highest BCUT2D eigenvalue weighted by Gasteiger charge is 2.09. The van der Waals surface area contributed by atoms with Crippen LogP contribution in [-0.4, -0.2) is 24.6 Å². The second-order valence-corrected chi connectivity index (χ2v) is 4.65. The van der Waals surface area contributed by atoms with Crippen LogP contribution in [0.2, 0.25) is 0 Å². The first-order valence-electron chi connectivity index (χ1n) is 6.56. The van der Waals surface area contributed by atoms with Gasteiger partial charge in [0.15, 0.2) is 5.65 Å². The standard InChI is InChI=1S/C16H11N5/c1-2-13(8-18-5-1)15-10-20-21-11-14(9-19-16(15)21)12-3-6-17-7-4-12/h1-11H. The molecule has 21 heavy (non-hydrogen) atoms. The van der Waals surface area contributed by atoms with Crippen LogP contribution in [0.1, 0.15) is 0 Å². The van der Waals surface area contributed by atoms with E-state index in [1.165, 1.54) is 0 Å². The summed E-state index contributed by atoms with van der Waals surface area (Å²) in [5.74, 6) is 0. The summed E-state index contributed by atoms with van der Waals surface area (Å²) in [6.07, 6.45) is 12.7. The van der Waals surface area contributed by atoms with Crippen LogP contribution in [0.4, 0.5) is 0 Å². The lowest BCUT2D eigenvalue weighted by Crippen LogP contribution is -1.92. The molecule has 0 spiro atoms. The molecule has 100 valence electrons. The molecule has 0 aliphatic heterocycles. The summed E-state index contributed by atoms with van der Waals surface area (Å²) in [6, 6.07) is 7.81. The van der Waals surface area contributed by atoms with Gasteiger partial charge < -0.3 is 0 Å². The van der Waals surface area contributed by atoms with Gasteiger partial charge in [0.1, 0.15) is 0 Å². The van der Waals surface area contributed by atoms with Gasteiger partial charge in [-0.3, -0.25) is 9.97 Å². The SMILES string of the molecule is c1cncc(-c2cnn3cc(-c4ccncc4)cnc23)c1. The largest absolute Gasteiger partial charge is 0.265 e. The monoisotopic (exact) mass is 273 g/mol. The maximum atomic E-state index is 4.55. The first kappa shape index (κ1) is 11.7. The summed E-state index contributed by atoms with van der Waals surface area (Å²) in [4.78, 5) is 12.7. The Labute approximate surface area is 121 Å². The minimum Gasteiger partial charge on any atom is -0.265 e. The molecule has 5 nitrogen and oxygen atoms in total. The Morgan fingerprint density at radius 2 is 1.67 bits per heavy atom. The Morgan fingerprint density at radius 1 is 0.762 bits per heavy atom. The fourth-order valence-corrected chi connectivity index (χ4v) is 2.29. The van der Waals surface area contributed by atoms with E-state index in [-0.39, 0.29) is 0 Å². The summed E-state index contributed by atoms with van der Waals surface area (Å²) in [7, 11) is 0. The highest BCUT2D eigenvalue weighted by atomic mass is 15.2. The van der Waals surface area contributed by atoms with E-state index < -0.39 is 0 Å². The molecule has 0 aliphatic rings. The predicted octanol–water partition coefficient (Wildman–Crippen LogP) is 2.85. The molecule has 0 fully saturated rings. The summed E-state index contributed by atoms with van der Waals surface area (Å²) in [5.41, 5.74) is 4.88. The zero-order valence-electron chi connectivity index (χ0n) is 11.1. The second-order valence-electron chi connectivity index (χ2n) is 4.65. The fourth-order valence-electron chi connectivity index (χ4n) is 2.29. The van der Waals surface area contributed by atoms with Gasteiger partial charge >= 0.3 is 0 Å². The number of hydrogen-bond acceptors (Lipinski definition) is 4. The minimum absolute atomic E-state index is 0.820. The molecule has 4 rings (SSSR count). The van der Waals surface area contributed by atoms with Crippen molar-refractivity contribution in [2.75, 3.05) is 0 Å². The Morgan fingerprint density at radius 3 is 2.48 bits per heavy atom. The molecule has 0 amide bonds. The van der Waals surface area contributed by atoms with E-state index in [1.54, 1.807) is 23.1 Å². The van der Waals surface area contributed by atoms with Crippen molar-refractivity contribution in [3.05, 3.63) is 67.6 Å². The molecule has 0 saturated carbocycles. The number of aromatic nitrogens is 5. The lowest BCUT2D eigenvalue weighted by molar-refractivity contribution is 0.941. The molecule has 0 unspecified atom stereocenters. The number of fused-ring (bicyclic) bond motifs is 1. The van der Waals surface area contributed by atoms with Crippen molar-refractivity contribution in [1.82, 2.24) is 24.6 Å².